The minimum Gasteiger partial charge on any atom is -0.496 e. The molecule has 4 rings (SSSR count). The predicted octanol–water partition coefficient (Wildman–Crippen LogP) is 2.00. The molecule has 6 heteroatoms. The zero-order valence-electron chi connectivity index (χ0n) is 14.0. The molecule has 1 aromatic carbocycles. The van der Waals surface area contributed by atoms with Crippen LogP contribution in [0.1, 0.15) is 24.8 Å². The Morgan fingerprint density at radius 2 is 1.96 bits per heavy atom. The monoisotopic (exact) mass is 333 g/mol. The molecular weight excluding hydrogens is 310 g/mol. The van der Waals surface area contributed by atoms with Crippen LogP contribution >= 0.6 is 0 Å². The summed E-state index contributed by atoms with van der Waals surface area (Å²) >= 11 is 0. The van der Waals surface area contributed by atoms with Gasteiger partial charge in [0.2, 0.25) is 5.91 Å². The molecule has 2 saturated heterocycles. The van der Waals surface area contributed by atoms with Gasteiger partial charge in [-0.25, -0.2) is 0 Å². The van der Waals surface area contributed by atoms with E-state index in [4.69, 9.17) is 18.9 Å². The van der Waals surface area contributed by atoms with E-state index in [1.54, 1.807) is 7.11 Å². The van der Waals surface area contributed by atoms with Crippen molar-refractivity contribution < 1.29 is 23.7 Å². The van der Waals surface area contributed by atoms with E-state index >= 15 is 0 Å². The minimum absolute atomic E-state index is 0.134. The van der Waals surface area contributed by atoms with Crippen molar-refractivity contribution in [2.45, 2.75) is 25.8 Å². The van der Waals surface area contributed by atoms with Crippen molar-refractivity contribution in [3.8, 4) is 17.2 Å². The number of nitrogens with zero attached hydrogens (tertiary/aromatic N) is 1. The zero-order valence-corrected chi connectivity index (χ0v) is 14.0. The maximum atomic E-state index is 12.4. The molecule has 3 aliphatic heterocycles. The second-order valence-electron chi connectivity index (χ2n) is 6.86. The summed E-state index contributed by atoms with van der Waals surface area (Å²) < 4.78 is 22.4. The fourth-order valence-corrected chi connectivity index (χ4v) is 3.85. The molecule has 0 aromatic heterocycles. The Hall–Kier alpha value is -1.95. The normalized spacial score (nSPS) is 26.0. The maximum Gasteiger partial charge on any atom is 0.222 e. The van der Waals surface area contributed by atoms with Gasteiger partial charge in [-0.05, 0) is 18.9 Å². The van der Waals surface area contributed by atoms with Crippen LogP contribution in [0, 0.1) is 5.41 Å². The van der Waals surface area contributed by atoms with Crippen molar-refractivity contribution in [2.24, 2.45) is 5.41 Å². The van der Waals surface area contributed by atoms with E-state index in [0.29, 0.717) is 31.9 Å². The first-order chi connectivity index (χ1) is 11.7. The number of hydrogen-bond donors (Lipinski definition) is 0. The number of piperidine rings is 1. The second kappa shape index (κ2) is 6.16. The minimum atomic E-state index is 0.134. The molecule has 6 nitrogen and oxygen atoms in total. The Balaban J connectivity index is 1.58. The van der Waals surface area contributed by atoms with Gasteiger partial charge in [-0.3, -0.25) is 4.79 Å². The Morgan fingerprint density at radius 1 is 1.17 bits per heavy atom. The first-order valence-corrected chi connectivity index (χ1v) is 8.51. The fraction of sp³-hybridized carbons (Fsp3) is 0.611. The van der Waals surface area contributed by atoms with Gasteiger partial charge in [-0.1, -0.05) is 0 Å². The van der Waals surface area contributed by atoms with Gasteiger partial charge in [0.1, 0.15) is 19.0 Å². The van der Waals surface area contributed by atoms with Crippen LogP contribution in [0.5, 0.6) is 17.2 Å². The van der Waals surface area contributed by atoms with Gasteiger partial charge < -0.3 is 23.8 Å². The molecule has 1 amide bonds. The van der Waals surface area contributed by atoms with Crippen molar-refractivity contribution in [3.05, 3.63) is 17.7 Å². The summed E-state index contributed by atoms with van der Waals surface area (Å²) in [7, 11) is 1.64. The number of carbonyl (C=O) groups is 1. The highest BCUT2D eigenvalue weighted by atomic mass is 16.6. The van der Waals surface area contributed by atoms with Crippen LogP contribution in [-0.4, -0.2) is 50.9 Å². The molecule has 0 saturated carbocycles. The van der Waals surface area contributed by atoms with Gasteiger partial charge in [0.05, 0.1) is 13.7 Å². The number of methoxy groups -OCH3 is 1. The lowest BCUT2D eigenvalue weighted by atomic mass is 9.79. The molecule has 1 atom stereocenters. The van der Waals surface area contributed by atoms with Crippen molar-refractivity contribution in [2.75, 3.05) is 40.1 Å². The first-order valence-electron chi connectivity index (χ1n) is 8.51. The summed E-state index contributed by atoms with van der Waals surface area (Å²) in [6, 6.07) is 3.79. The number of likely N-dealkylation sites (tertiary alicyclic amines) is 1. The van der Waals surface area contributed by atoms with Gasteiger partial charge in [-0.2, -0.15) is 0 Å². The summed E-state index contributed by atoms with van der Waals surface area (Å²) in [5, 5.41) is 0. The highest BCUT2D eigenvalue weighted by Crippen LogP contribution is 2.41. The average Bonchev–Trinajstić information content (AvgIpc) is 3.06. The molecule has 0 bridgehead atoms. The van der Waals surface area contributed by atoms with Crippen molar-refractivity contribution >= 4 is 5.91 Å². The quantitative estimate of drug-likeness (QED) is 0.847. The van der Waals surface area contributed by atoms with Gasteiger partial charge in [-0.15, -0.1) is 0 Å². The Labute approximate surface area is 141 Å². The van der Waals surface area contributed by atoms with E-state index in [0.717, 1.165) is 49.7 Å². The highest BCUT2D eigenvalue weighted by Gasteiger charge is 2.41. The van der Waals surface area contributed by atoms with E-state index in [2.05, 4.69) is 0 Å². The van der Waals surface area contributed by atoms with E-state index in [9.17, 15) is 4.79 Å². The summed E-state index contributed by atoms with van der Waals surface area (Å²) in [5.74, 6) is 2.35. The van der Waals surface area contributed by atoms with E-state index < -0.39 is 0 Å². The third kappa shape index (κ3) is 2.79. The molecule has 130 valence electrons. The first kappa shape index (κ1) is 15.6. The highest BCUT2D eigenvalue weighted by molar-refractivity contribution is 5.77. The van der Waals surface area contributed by atoms with Crippen LogP contribution in [0.15, 0.2) is 12.1 Å². The van der Waals surface area contributed by atoms with E-state index in [-0.39, 0.29) is 11.3 Å². The number of hydrogen-bond acceptors (Lipinski definition) is 5. The molecule has 24 heavy (non-hydrogen) atoms. The molecule has 1 aromatic rings. The summed E-state index contributed by atoms with van der Waals surface area (Å²) in [5.41, 5.74) is 1.08. The SMILES string of the molecule is COc1cc2c(cc1CN1CC3(CCOC3)CCC1=O)OCCO2. The molecule has 0 radical (unpaired) electrons. The van der Waals surface area contributed by atoms with Crippen LogP contribution in [0.25, 0.3) is 0 Å². The van der Waals surface area contributed by atoms with Gasteiger partial charge in [0, 0.05) is 43.2 Å². The lowest BCUT2D eigenvalue weighted by molar-refractivity contribution is -0.138. The number of amides is 1. The van der Waals surface area contributed by atoms with Gasteiger partial charge >= 0.3 is 0 Å². The summed E-state index contributed by atoms with van der Waals surface area (Å²) in [4.78, 5) is 14.4. The summed E-state index contributed by atoms with van der Waals surface area (Å²) in [6.07, 6.45) is 2.56. The molecule has 2 fully saturated rings. The average molecular weight is 333 g/mol. The van der Waals surface area contributed by atoms with E-state index in [1.807, 2.05) is 17.0 Å². The van der Waals surface area contributed by atoms with Crippen LogP contribution in [0.4, 0.5) is 0 Å². The van der Waals surface area contributed by atoms with Crippen LogP contribution in [0.3, 0.4) is 0 Å². The maximum absolute atomic E-state index is 12.4. The van der Waals surface area contributed by atoms with Crippen molar-refractivity contribution in [1.82, 2.24) is 4.90 Å². The Morgan fingerprint density at radius 3 is 2.67 bits per heavy atom. The molecular formula is C18H23NO5. The molecule has 3 aliphatic rings. The lowest BCUT2D eigenvalue weighted by Crippen LogP contribution is -2.46. The third-order valence-electron chi connectivity index (χ3n) is 5.24. The molecule has 1 unspecified atom stereocenters. The Bertz CT molecular complexity index is 639. The fourth-order valence-electron chi connectivity index (χ4n) is 3.85. The second-order valence-corrected chi connectivity index (χ2v) is 6.86. The van der Waals surface area contributed by atoms with Crippen LogP contribution in [-0.2, 0) is 16.1 Å². The number of benzene rings is 1. The molecule has 0 aliphatic carbocycles. The number of carbonyl (C=O) groups excluding carboxylic acids is 1. The third-order valence-corrected chi connectivity index (χ3v) is 5.24. The van der Waals surface area contributed by atoms with Crippen molar-refractivity contribution in [1.29, 1.82) is 0 Å². The van der Waals surface area contributed by atoms with Gasteiger partial charge in [0.25, 0.3) is 0 Å². The van der Waals surface area contributed by atoms with Gasteiger partial charge in [0.15, 0.2) is 11.5 Å². The smallest absolute Gasteiger partial charge is 0.222 e. The molecule has 1 spiro atoms. The van der Waals surface area contributed by atoms with Crippen molar-refractivity contribution in [3.63, 3.8) is 0 Å². The standard InChI is InChI=1S/C18H23NO5/c1-21-14-9-16-15(23-6-7-24-16)8-13(14)10-19-11-18(3-2-17(19)20)4-5-22-12-18/h8-9H,2-7,10-12H2,1H3. The predicted molar refractivity (Wildman–Crippen MR) is 86.5 cm³/mol. The topological polar surface area (TPSA) is 57.2 Å². The largest absolute Gasteiger partial charge is 0.496 e. The number of ether oxygens (including phenoxy) is 4. The van der Waals surface area contributed by atoms with Crippen LogP contribution < -0.4 is 14.2 Å². The Kier molecular flexibility index (Phi) is 4.00. The zero-order chi connectivity index (χ0) is 16.6. The number of fused-ring (bicyclic) bond motifs is 1. The molecule has 0 N–H and O–H groups in total. The lowest BCUT2D eigenvalue weighted by Gasteiger charge is -2.39. The molecule has 3 heterocycles. The summed E-state index contributed by atoms with van der Waals surface area (Å²) in [6.45, 7) is 3.93. The van der Waals surface area contributed by atoms with E-state index in [1.165, 1.54) is 0 Å². The number of rotatable bonds is 3. The van der Waals surface area contributed by atoms with Crippen LogP contribution in [0.2, 0.25) is 0 Å².